The van der Waals surface area contributed by atoms with Crippen molar-refractivity contribution >= 4 is 45.7 Å². The van der Waals surface area contributed by atoms with E-state index in [1.54, 1.807) is 19.5 Å². The van der Waals surface area contributed by atoms with Crippen LogP contribution >= 0.6 is 11.3 Å². The van der Waals surface area contributed by atoms with Crippen LogP contribution in [0.5, 0.6) is 0 Å². The van der Waals surface area contributed by atoms with Gasteiger partial charge in [-0.3, -0.25) is 9.98 Å². The lowest BCUT2D eigenvalue weighted by atomic mass is 9.98. The molecule has 0 saturated carbocycles. The van der Waals surface area contributed by atoms with E-state index in [0.717, 1.165) is 21.6 Å². The first-order chi connectivity index (χ1) is 12.4. The Balaban J connectivity index is 1.90. The average Bonchev–Trinajstić information content (AvgIpc) is 3.08. The van der Waals surface area contributed by atoms with Gasteiger partial charge in [0.2, 0.25) is 5.13 Å². The van der Waals surface area contributed by atoms with Gasteiger partial charge < -0.3 is 10.7 Å². The molecule has 0 radical (unpaired) electrons. The first-order valence-electron chi connectivity index (χ1n) is 8.21. The van der Waals surface area contributed by atoms with Crippen molar-refractivity contribution in [2.75, 3.05) is 12.4 Å². The van der Waals surface area contributed by atoms with Gasteiger partial charge in [0.25, 0.3) is 0 Å². The van der Waals surface area contributed by atoms with Crippen LogP contribution < -0.4 is 5.32 Å². The van der Waals surface area contributed by atoms with E-state index in [0.29, 0.717) is 10.9 Å². The van der Waals surface area contributed by atoms with Crippen molar-refractivity contribution in [3.05, 3.63) is 35.0 Å². The molecule has 1 unspecified atom stereocenters. The van der Waals surface area contributed by atoms with Gasteiger partial charge in [-0.15, -0.1) is 10.2 Å². The molecule has 0 aliphatic carbocycles. The Morgan fingerprint density at radius 3 is 2.69 bits per heavy atom. The monoisotopic (exact) mass is 367 g/mol. The van der Waals surface area contributed by atoms with Crippen molar-refractivity contribution in [1.29, 1.82) is 5.41 Å². The van der Waals surface area contributed by atoms with Crippen molar-refractivity contribution in [1.82, 2.24) is 20.2 Å². The number of aromatic nitrogens is 4. The molecule has 0 aliphatic rings. The summed E-state index contributed by atoms with van der Waals surface area (Å²) < 4.78 is 0. The standard InChI is InChI=1S/C18H21N7S/c1-18(2,3)16-24-25-17(26-16)23-15-6-5-13-14(22-15)7-11(10-21-13)12(8-19)9-20-4/h5-10,12,19H,1-4H3,(H,22,23,25). The summed E-state index contributed by atoms with van der Waals surface area (Å²) in [6.07, 6.45) is 4.81. The minimum absolute atomic E-state index is 0.0319. The molecular formula is C18H21N7S. The largest absolute Gasteiger partial charge is 0.315 e. The quantitative estimate of drug-likeness (QED) is 0.665. The van der Waals surface area contributed by atoms with Crippen LogP contribution in [0.3, 0.4) is 0 Å². The number of fused-ring (bicyclic) bond motifs is 1. The number of nitrogens with zero attached hydrogens (tertiary/aromatic N) is 5. The number of nitrogens with one attached hydrogen (secondary N) is 2. The number of anilines is 2. The lowest BCUT2D eigenvalue weighted by Gasteiger charge is -2.12. The maximum Gasteiger partial charge on any atom is 0.211 e. The maximum atomic E-state index is 7.56. The molecule has 0 spiro atoms. The van der Waals surface area contributed by atoms with Crippen LogP contribution in [0.2, 0.25) is 0 Å². The molecule has 2 N–H and O–H groups in total. The first-order valence-corrected chi connectivity index (χ1v) is 9.03. The molecule has 3 rings (SSSR count). The van der Waals surface area contributed by atoms with Crippen LogP contribution in [0.25, 0.3) is 11.0 Å². The summed E-state index contributed by atoms with van der Waals surface area (Å²) in [5.41, 5.74) is 2.40. The molecule has 8 heteroatoms. The van der Waals surface area contributed by atoms with Crippen LogP contribution in [0, 0.1) is 5.41 Å². The Labute approximate surface area is 156 Å². The molecule has 0 amide bonds. The lowest BCUT2D eigenvalue weighted by Crippen LogP contribution is -2.10. The highest BCUT2D eigenvalue weighted by Crippen LogP contribution is 2.29. The van der Waals surface area contributed by atoms with E-state index in [4.69, 9.17) is 5.41 Å². The second kappa shape index (κ2) is 7.25. The van der Waals surface area contributed by atoms with E-state index in [-0.39, 0.29) is 11.3 Å². The lowest BCUT2D eigenvalue weighted by molar-refractivity contribution is 0.578. The van der Waals surface area contributed by atoms with Crippen LogP contribution in [0.4, 0.5) is 10.9 Å². The van der Waals surface area contributed by atoms with Gasteiger partial charge in [0.1, 0.15) is 10.8 Å². The Kier molecular flexibility index (Phi) is 5.03. The molecule has 0 aliphatic heterocycles. The fourth-order valence-corrected chi connectivity index (χ4v) is 3.15. The first kappa shape index (κ1) is 18.1. The van der Waals surface area contributed by atoms with Crippen LogP contribution in [0.15, 0.2) is 29.4 Å². The van der Waals surface area contributed by atoms with Gasteiger partial charge in [0, 0.05) is 31.1 Å². The van der Waals surface area contributed by atoms with Crippen molar-refractivity contribution in [3.63, 3.8) is 0 Å². The minimum atomic E-state index is -0.201. The van der Waals surface area contributed by atoms with E-state index in [1.165, 1.54) is 17.6 Å². The summed E-state index contributed by atoms with van der Waals surface area (Å²) in [5.74, 6) is 0.483. The zero-order valence-electron chi connectivity index (χ0n) is 15.2. The summed E-state index contributed by atoms with van der Waals surface area (Å²) >= 11 is 1.52. The Morgan fingerprint density at radius 1 is 1.23 bits per heavy atom. The molecule has 0 bridgehead atoms. The van der Waals surface area contributed by atoms with Crippen LogP contribution in [-0.4, -0.2) is 39.6 Å². The Bertz CT molecular complexity index is 956. The average molecular weight is 367 g/mol. The molecule has 1 atom stereocenters. The van der Waals surface area contributed by atoms with Gasteiger partial charge in [0.05, 0.1) is 17.0 Å². The molecule has 0 fully saturated rings. The van der Waals surface area contributed by atoms with E-state index >= 15 is 0 Å². The second-order valence-electron chi connectivity index (χ2n) is 6.89. The maximum absolute atomic E-state index is 7.56. The van der Waals surface area contributed by atoms with E-state index in [9.17, 15) is 0 Å². The summed E-state index contributed by atoms with van der Waals surface area (Å²) in [5, 5.41) is 20.9. The third kappa shape index (κ3) is 3.91. The molecule has 0 saturated heterocycles. The molecule has 3 aromatic heterocycles. The Hall–Kier alpha value is -2.74. The number of pyridine rings is 2. The van der Waals surface area contributed by atoms with Crippen LogP contribution in [-0.2, 0) is 5.41 Å². The van der Waals surface area contributed by atoms with Gasteiger partial charge in [-0.1, -0.05) is 32.1 Å². The topological polar surface area (TPSA) is 99.8 Å². The highest BCUT2D eigenvalue weighted by molar-refractivity contribution is 7.15. The van der Waals surface area contributed by atoms with Crippen molar-refractivity contribution in [2.45, 2.75) is 32.1 Å². The summed E-state index contributed by atoms with van der Waals surface area (Å²) in [4.78, 5) is 13.1. The number of aliphatic imine (C=N–C) groups is 1. The molecule has 3 aromatic rings. The fraction of sp³-hybridized carbons (Fsp3) is 0.333. The summed E-state index contributed by atoms with van der Waals surface area (Å²) in [6.45, 7) is 6.33. The molecule has 26 heavy (non-hydrogen) atoms. The second-order valence-corrected chi connectivity index (χ2v) is 7.87. The van der Waals surface area contributed by atoms with Gasteiger partial charge in [-0.25, -0.2) is 4.98 Å². The van der Waals surface area contributed by atoms with Gasteiger partial charge >= 0.3 is 0 Å². The highest BCUT2D eigenvalue weighted by atomic mass is 32.1. The molecule has 134 valence electrons. The van der Waals surface area contributed by atoms with Crippen molar-refractivity contribution < 1.29 is 0 Å². The zero-order chi connectivity index (χ0) is 18.7. The van der Waals surface area contributed by atoms with E-state index in [1.807, 2.05) is 18.2 Å². The number of rotatable bonds is 5. The predicted molar refractivity (Wildman–Crippen MR) is 107 cm³/mol. The SMILES string of the molecule is CN=CC(C=N)c1cnc2ccc(Nc3nnc(C(C)(C)C)s3)nc2c1. The number of hydrogen-bond donors (Lipinski definition) is 2. The minimum Gasteiger partial charge on any atom is -0.315 e. The number of hydrogen-bond acceptors (Lipinski definition) is 8. The van der Waals surface area contributed by atoms with Crippen molar-refractivity contribution in [3.8, 4) is 0 Å². The highest BCUT2D eigenvalue weighted by Gasteiger charge is 2.19. The van der Waals surface area contributed by atoms with E-state index in [2.05, 4.69) is 51.2 Å². The third-order valence-corrected chi connectivity index (χ3v) is 5.00. The molecule has 3 heterocycles. The third-order valence-electron chi connectivity index (χ3n) is 3.73. The summed E-state index contributed by atoms with van der Waals surface area (Å²) in [7, 11) is 1.69. The zero-order valence-corrected chi connectivity index (χ0v) is 16.0. The fourth-order valence-electron chi connectivity index (χ4n) is 2.35. The Morgan fingerprint density at radius 2 is 2.04 bits per heavy atom. The van der Waals surface area contributed by atoms with Crippen molar-refractivity contribution in [2.24, 2.45) is 4.99 Å². The van der Waals surface area contributed by atoms with Gasteiger partial charge in [-0.05, 0) is 23.8 Å². The normalized spacial score (nSPS) is 13.2. The van der Waals surface area contributed by atoms with Gasteiger partial charge in [-0.2, -0.15) is 0 Å². The van der Waals surface area contributed by atoms with E-state index < -0.39 is 0 Å². The molecular weight excluding hydrogens is 346 g/mol. The predicted octanol–water partition coefficient (Wildman–Crippen LogP) is 3.96. The van der Waals surface area contributed by atoms with Gasteiger partial charge in [0.15, 0.2) is 0 Å². The molecule has 7 nitrogen and oxygen atoms in total. The molecule has 0 aromatic carbocycles. The smallest absolute Gasteiger partial charge is 0.211 e. The van der Waals surface area contributed by atoms with Crippen LogP contribution in [0.1, 0.15) is 37.3 Å². The summed E-state index contributed by atoms with van der Waals surface area (Å²) in [6, 6.07) is 5.72.